The molecule has 3 fully saturated rings. The van der Waals surface area contributed by atoms with E-state index in [2.05, 4.69) is 32.4 Å². The minimum absolute atomic E-state index is 0.00926. The Kier molecular flexibility index (Phi) is 8.05. The van der Waals surface area contributed by atoms with Crippen LogP contribution in [0.3, 0.4) is 0 Å². The predicted molar refractivity (Wildman–Crippen MR) is 152 cm³/mol. The average molecular weight is 584 g/mol. The van der Waals surface area contributed by atoms with Gasteiger partial charge in [-0.3, -0.25) is 9.69 Å². The fourth-order valence-electron chi connectivity index (χ4n) is 5.07. The van der Waals surface area contributed by atoms with Crippen LogP contribution in [0, 0.1) is 11.2 Å². The van der Waals surface area contributed by atoms with Gasteiger partial charge in [-0.15, -0.1) is 0 Å². The van der Waals surface area contributed by atoms with E-state index in [1.54, 1.807) is 18.2 Å². The number of carbonyl (C=O) groups excluding carboxylic acids is 1. The lowest BCUT2D eigenvalue weighted by atomic mass is 9.90. The highest BCUT2D eigenvalue weighted by Gasteiger charge is 2.36. The Morgan fingerprint density at radius 3 is 2.68 bits per heavy atom. The van der Waals surface area contributed by atoms with Crippen LogP contribution in [-0.4, -0.2) is 85.7 Å². The number of halogens is 2. The summed E-state index contributed by atoms with van der Waals surface area (Å²) in [6.45, 7) is 7.11. The zero-order valence-corrected chi connectivity index (χ0v) is 23.3. The fourth-order valence-corrected chi connectivity index (χ4v) is 5.25. The van der Waals surface area contributed by atoms with Crippen molar-refractivity contribution >= 4 is 45.6 Å². The smallest absolute Gasteiger partial charge is 0.248 e. The van der Waals surface area contributed by atoms with Crippen LogP contribution in [0.1, 0.15) is 6.92 Å². The summed E-state index contributed by atoms with van der Waals surface area (Å²) in [4.78, 5) is 24.0. The Morgan fingerprint density at radius 1 is 1.20 bits per heavy atom. The first-order chi connectivity index (χ1) is 19.8. The quantitative estimate of drug-likeness (QED) is 0.359. The second kappa shape index (κ2) is 11.9. The minimum atomic E-state index is -0.514. The molecule has 0 radical (unpaired) electrons. The number of amides is 1. The molecule has 0 saturated carbocycles. The maximum Gasteiger partial charge on any atom is 0.248 e. The molecule has 6 rings (SSSR count). The van der Waals surface area contributed by atoms with Crippen molar-refractivity contribution in [2.75, 3.05) is 63.3 Å². The van der Waals surface area contributed by atoms with Gasteiger partial charge in [0.2, 0.25) is 5.91 Å². The number of hydrogen-bond acceptors (Lipinski definition) is 9. The van der Waals surface area contributed by atoms with E-state index in [4.69, 9.17) is 30.5 Å². The molecule has 10 nitrogen and oxygen atoms in total. The van der Waals surface area contributed by atoms with Gasteiger partial charge < -0.3 is 29.6 Å². The summed E-state index contributed by atoms with van der Waals surface area (Å²) in [5.74, 6) is 0.141. The van der Waals surface area contributed by atoms with Crippen LogP contribution in [0.25, 0.3) is 10.9 Å². The molecule has 3 saturated heterocycles. The van der Waals surface area contributed by atoms with Crippen molar-refractivity contribution in [2.24, 2.45) is 5.41 Å². The maximum atomic E-state index is 13.7. The SMILES string of the molecule is CC1(COc2cc3ncnc(Nc4ccc(F)c(Cl)c4)c3cc2NC(=O)/C=C/CN2C[C@@H]3OCCO[C@H]3C2)COC1. The highest BCUT2D eigenvalue weighted by Crippen LogP contribution is 2.36. The van der Waals surface area contributed by atoms with E-state index in [0.29, 0.717) is 73.4 Å². The molecule has 1 amide bonds. The maximum absolute atomic E-state index is 13.7. The van der Waals surface area contributed by atoms with E-state index >= 15 is 0 Å². The van der Waals surface area contributed by atoms with Crippen molar-refractivity contribution in [3.05, 3.63) is 59.7 Å². The summed E-state index contributed by atoms with van der Waals surface area (Å²) < 4.78 is 36.8. The Balaban J connectivity index is 1.21. The molecule has 1 aromatic heterocycles. The van der Waals surface area contributed by atoms with Gasteiger partial charge in [-0.1, -0.05) is 24.6 Å². The van der Waals surface area contributed by atoms with Crippen LogP contribution >= 0.6 is 11.6 Å². The van der Waals surface area contributed by atoms with Gasteiger partial charge in [0.25, 0.3) is 0 Å². The number of fused-ring (bicyclic) bond motifs is 2. The van der Waals surface area contributed by atoms with Gasteiger partial charge in [-0.2, -0.15) is 0 Å². The largest absolute Gasteiger partial charge is 0.491 e. The van der Waals surface area contributed by atoms with Crippen molar-refractivity contribution in [2.45, 2.75) is 19.1 Å². The Hall–Kier alpha value is -3.35. The molecule has 12 heteroatoms. The van der Waals surface area contributed by atoms with Gasteiger partial charge in [0.05, 0.1) is 61.5 Å². The fraction of sp³-hybridized carbons (Fsp3) is 0.414. The van der Waals surface area contributed by atoms with E-state index in [1.807, 2.05) is 6.08 Å². The first kappa shape index (κ1) is 27.8. The summed E-state index contributed by atoms with van der Waals surface area (Å²) in [7, 11) is 0. The first-order valence-corrected chi connectivity index (χ1v) is 13.9. The Labute approximate surface area is 241 Å². The zero-order chi connectivity index (χ0) is 28.4. The molecule has 3 aromatic rings. The summed E-state index contributed by atoms with van der Waals surface area (Å²) in [5.41, 5.74) is 1.53. The number of anilines is 3. The number of nitrogens with zero attached hydrogens (tertiary/aromatic N) is 3. The number of benzene rings is 2. The van der Waals surface area contributed by atoms with E-state index in [-0.39, 0.29) is 28.6 Å². The number of carbonyl (C=O) groups is 1. The molecule has 0 spiro atoms. The van der Waals surface area contributed by atoms with Gasteiger partial charge in [-0.05, 0) is 24.3 Å². The molecule has 0 aliphatic carbocycles. The molecule has 3 aliphatic heterocycles. The summed E-state index contributed by atoms with van der Waals surface area (Å²) in [6.07, 6.45) is 4.94. The van der Waals surface area contributed by atoms with Crippen molar-refractivity contribution in [3.8, 4) is 5.75 Å². The summed E-state index contributed by atoms with van der Waals surface area (Å²) in [6, 6.07) is 7.86. The molecule has 2 N–H and O–H groups in total. The van der Waals surface area contributed by atoms with E-state index in [9.17, 15) is 9.18 Å². The average Bonchev–Trinajstić information content (AvgIpc) is 3.36. The monoisotopic (exact) mass is 583 g/mol. The third-order valence-electron chi connectivity index (χ3n) is 7.33. The second-order valence-electron chi connectivity index (χ2n) is 10.9. The molecular formula is C29H31ClFN5O5. The van der Waals surface area contributed by atoms with Crippen LogP contribution in [0.4, 0.5) is 21.6 Å². The standard InChI is InChI=1S/C29H31ClFN5O5/c1-29(14-38-15-29)16-41-24-11-22-19(28(33-17-32-22)34-18-4-5-21(31)20(30)9-18)10-23(24)35-27(37)3-2-6-36-12-25-26(13-36)40-8-7-39-25/h2-5,9-11,17,25-26H,6-8,12-16H2,1H3,(H,35,37)(H,32,33,34)/b3-2+/t25-,26-/m0/s1. The molecule has 4 heterocycles. The summed E-state index contributed by atoms with van der Waals surface area (Å²) >= 11 is 5.96. The highest BCUT2D eigenvalue weighted by atomic mass is 35.5. The highest BCUT2D eigenvalue weighted by molar-refractivity contribution is 6.31. The molecule has 216 valence electrons. The van der Waals surface area contributed by atoms with Gasteiger partial charge in [-0.25, -0.2) is 14.4 Å². The normalized spacial score (nSPS) is 21.9. The number of hydrogen-bond donors (Lipinski definition) is 2. The van der Waals surface area contributed by atoms with E-state index < -0.39 is 5.82 Å². The first-order valence-electron chi connectivity index (χ1n) is 13.5. The van der Waals surface area contributed by atoms with Crippen molar-refractivity contribution in [1.29, 1.82) is 0 Å². The van der Waals surface area contributed by atoms with Crippen LogP contribution in [0.2, 0.25) is 5.02 Å². The van der Waals surface area contributed by atoms with Gasteiger partial charge in [0, 0.05) is 48.3 Å². The van der Waals surface area contributed by atoms with Gasteiger partial charge in [0.15, 0.2) is 0 Å². The molecule has 2 aromatic carbocycles. The Bertz CT molecular complexity index is 1460. The molecule has 2 atom stereocenters. The second-order valence-corrected chi connectivity index (χ2v) is 11.3. The molecule has 0 unspecified atom stereocenters. The molecule has 0 bridgehead atoms. The summed E-state index contributed by atoms with van der Waals surface area (Å²) in [5, 5.41) is 6.75. The van der Waals surface area contributed by atoms with E-state index in [0.717, 1.165) is 13.1 Å². The minimum Gasteiger partial charge on any atom is -0.491 e. The van der Waals surface area contributed by atoms with E-state index in [1.165, 1.54) is 24.5 Å². The third-order valence-corrected chi connectivity index (χ3v) is 7.61. The lowest BCUT2D eigenvalue weighted by Crippen LogP contribution is -2.44. The number of likely N-dealkylation sites (tertiary alicyclic amines) is 1. The molecule has 3 aliphatic rings. The van der Waals surface area contributed by atoms with Crippen LogP contribution in [-0.2, 0) is 19.0 Å². The predicted octanol–water partition coefficient (Wildman–Crippen LogP) is 4.18. The van der Waals surface area contributed by atoms with Crippen LogP contribution < -0.4 is 15.4 Å². The van der Waals surface area contributed by atoms with Crippen molar-refractivity contribution in [3.63, 3.8) is 0 Å². The number of nitrogens with one attached hydrogen (secondary N) is 2. The van der Waals surface area contributed by atoms with Crippen molar-refractivity contribution < 1.29 is 28.1 Å². The van der Waals surface area contributed by atoms with Crippen LogP contribution in [0.5, 0.6) is 5.75 Å². The number of rotatable bonds is 9. The lowest BCUT2D eigenvalue weighted by molar-refractivity contribution is -0.120. The number of ether oxygens (including phenoxy) is 4. The van der Waals surface area contributed by atoms with Crippen LogP contribution in [0.15, 0.2) is 48.8 Å². The van der Waals surface area contributed by atoms with Crippen molar-refractivity contribution in [1.82, 2.24) is 14.9 Å². The van der Waals surface area contributed by atoms with Gasteiger partial charge >= 0.3 is 0 Å². The number of aromatic nitrogens is 2. The Morgan fingerprint density at radius 2 is 1.98 bits per heavy atom. The zero-order valence-electron chi connectivity index (χ0n) is 22.6. The third kappa shape index (κ3) is 6.44. The van der Waals surface area contributed by atoms with Gasteiger partial charge in [0.1, 0.15) is 23.7 Å². The molecular weight excluding hydrogens is 553 g/mol. The topological polar surface area (TPSA) is 107 Å². The lowest BCUT2D eigenvalue weighted by Gasteiger charge is -2.37. The molecule has 41 heavy (non-hydrogen) atoms.